The van der Waals surface area contributed by atoms with Gasteiger partial charge in [-0.3, -0.25) is 0 Å². The third-order valence-corrected chi connectivity index (χ3v) is 3.23. The first-order chi connectivity index (χ1) is 7.85. The predicted octanol–water partition coefficient (Wildman–Crippen LogP) is 3.81. The summed E-state index contributed by atoms with van der Waals surface area (Å²) in [5, 5.41) is 1.57. The molecule has 2 rings (SSSR count). The number of carbonyl (C=O) groups is 1. The molecular formula is C12H14ClNO2Si. The Balaban J connectivity index is 2.33. The summed E-state index contributed by atoms with van der Waals surface area (Å²) in [6.07, 6.45) is 0. The molecule has 0 aliphatic carbocycles. The maximum absolute atomic E-state index is 11.9. The van der Waals surface area contributed by atoms with E-state index in [1.807, 2.05) is 31.8 Å². The van der Waals surface area contributed by atoms with Crippen LogP contribution in [-0.4, -0.2) is 19.3 Å². The lowest BCUT2D eigenvalue weighted by Crippen LogP contribution is -2.29. The number of aromatic nitrogens is 1. The van der Waals surface area contributed by atoms with Crippen LogP contribution >= 0.6 is 11.6 Å². The molecule has 0 atom stereocenters. The molecule has 1 aromatic heterocycles. The number of carbonyl (C=O) groups excluding carboxylic acids is 1. The van der Waals surface area contributed by atoms with Gasteiger partial charge in [-0.15, -0.1) is 0 Å². The summed E-state index contributed by atoms with van der Waals surface area (Å²) in [6.45, 7) is 5.93. The van der Waals surface area contributed by atoms with E-state index in [9.17, 15) is 4.79 Å². The van der Waals surface area contributed by atoms with Crippen LogP contribution in [0.15, 0.2) is 24.3 Å². The van der Waals surface area contributed by atoms with E-state index in [0.717, 1.165) is 10.9 Å². The van der Waals surface area contributed by atoms with Gasteiger partial charge < -0.3 is 9.41 Å². The molecule has 0 radical (unpaired) electrons. The van der Waals surface area contributed by atoms with Gasteiger partial charge in [0.25, 0.3) is 0 Å². The fourth-order valence-corrected chi connectivity index (χ4v) is 2.39. The van der Waals surface area contributed by atoms with Crippen molar-refractivity contribution in [1.29, 1.82) is 0 Å². The van der Waals surface area contributed by atoms with Crippen LogP contribution in [0, 0.1) is 0 Å². The van der Waals surface area contributed by atoms with Crippen LogP contribution < -0.4 is 0 Å². The Morgan fingerprint density at radius 1 is 1.29 bits per heavy atom. The molecule has 0 aliphatic heterocycles. The number of aromatic amines is 1. The molecular weight excluding hydrogens is 254 g/mol. The molecule has 0 saturated heterocycles. The first-order valence-corrected chi connectivity index (χ1v) is 9.15. The summed E-state index contributed by atoms with van der Waals surface area (Å²) < 4.78 is 5.42. The molecule has 0 unspecified atom stereocenters. The minimum atomic E-state index is -1.86. The number of hydrogen-bond donors (Lipinski definition) is 1. The first kappa shape index (κ1) is 12.2. The summed E-state index contributed by atoms with van der Waals surface area (Å²) in [7, 11) is -1.86. The largest absolute Gasteiger partial charge is 0.515 e. The molecule has 0 amide bonds. The van der Waals surface area contributed by atoms with E-state index in [4.69, 9.17) is 16.0 Å². The van der Waals surface area contributed by atoms with Crippen molar-refractivity contribution in [1.82, 2.24) is 4.98 Å². The second-order valence-electron chi connectivity index (χ2n) is 4.92. The standard InChI is InChI=1S/C12H14ClNO2Si/c1-17(2,3)16-12(15)11-7-8-6-9(13)4-5-10(8)14-11/h4-7,14H,1-3H3. The van der Waals surface area contributed by atoms with E-state index in [2.05, 4.69) is 4.98 Å². The number of fused-ring (bicyclic) bond motifs is 1. The van der Waals surface area contributed by atoms with E-state index in [0.29, 0.717) is 10.7 Å². The summed E-state index contributed by atoms with van der Waals surface area (Å²) >= 11 is 5.89. The van der Waals surface area contributed by atoms with Crippen molar-refractivity contribution < 1.29 is 9.22 Å². The number of H-pyrrole nitrogens is 1. The van der Waals surface area contributed by atoms with Crippen LogP contribution in [0.25, 0.3) is 10.9 Å². The van der Waals surface area contributed by atoms with Gasteiger partial charge in [-0.1, -0.05) is 11.6 Å². The SMILES string of the molecule is C[Si](C)(C)OC(=O)c1cc2cc(Cl)ccc2[nH]1. The second kappa shape index (κ2) is 4.20. The third kappa shape index (κ3) is 2.90. The Labute approximate surface area is 106 Å². The number of nitrogens with one attached hydrogen (secondary N) is 1. The Morgan fingerprint density at radius 3 is 2.65 bits per heavy atom. The molecule has 1 aromatic carbocycles. The topological polar surface area (TPSA) is 42.1 Å². The molecule has 3 nitrogen and oxygen atoms in total. The molecule has 0 bridgehead atoms. The predicted molar refractivity (Wildman–Crippen MR) is 72.1 cm³/mol. The molecule has 5 heteroatoms. The van der Waals surface area contributed by atoms with E-state index in [1.165, 1.54) is 0 Å². The number of rotatable bonds is 2. The molecule has 17 heavy (non-hydrogen) atoms. The van der Waals surface area contributed by atoms with E-state index < -0.39 is 8.32 Å². The van der Waals surface area contributed by atoms with Gasteiger partial charge in [0.1, 0.15) is 5.69 Å². The first-order valence-electron chi connectivity index (χ1n) is 5.37. The zero-order chi connectivity index (χ0) is 12.6. The average molecular weight is 268 g/mol. The molecule has 0 spiro atoms. The zero-order valence-corrected chi connectivity index (χ0v) is 11.8. The molecule has 0 aliphatic rings. The molecule has 0 saturated carbocycles. The molecule has 2 aromatic rings. The van der Waals surface area contributed by atoms with Gasteiger partial charge in [-0.25, -0.2) is 4.79 Å². The van der Waals surface area contributed by atoms with Crippen molar-refractivity contribution in [3.63, 3.8) is 0 Å². The van der Waals surface area contributed by atoms with Crippen LogP contribution in [-0.2, 0) is 4.43 Å². The fourth-order valence-electron chi connectivity index (χ4n) is 1.55. The van der Waals surface area contributed by atoms with Crippen molar-refractivity contribution in [2.75, 3.05) is 0 Å². The minimum Gasteiger partial charge on any atom is -0.515 e. The third-order valence-electron chi connectivity index (χ3n) is 2.20. The van der Waals surface area contributed by atoms with Gasteiger partial charge in [0.05, 0.1) is 0 Å². The maximum Gasteiger partial charge on any atom is 0.341 e. The Hall–Kier alpha value is -1.26. The highest BCUT2D eigenvalue weighted by atomic mass is 35.5. The number of halogens is 1. The Kier molecular flexibility index (Phi) is 3.01. The molecule has 1 N–H and O–H groups in total. The highest BCUT2D eigenvalue weighted by molar-refractivity contribution is 6.71. The van der Waals surface area contributed by atoms with Crippen LogP contribution in [0.2, 0.25) is 24.7 Å². The summed E-state index contributed by atoms with van der Waals surface area (Å²) in [6, 6.07) is 7.22. The van der Waals surface area contributed by atoms with Crippen LogP contribution in [0.5, 0.6) is 0 Å². The normalized spacial score (nSPS) is 11.8. The van der Waals surface area contributed by atoms with Gasteiger partial charge >= 0.3 is 5.97 Å². The lowest BCUT2D eigenvalue weighted by molar-refractivity contribution is 0.0719. The molecule has 1 heterocycles. The van der Waals surface area contributed by atoms with E-state index >= 15 is 0 Å². The van der Waals surface area contributed by atoms with Crippen LogP contribution in [0.4, 0.5) is 0 Å². The van der Waals surface area contributed by atoms with Gasteiger partial charge in [-0.05, 0) is 43.9 Å². The monoisotopic (exact) mass is 267 g/mol. The van der Waals surface area contributed by atoms with Crippen LogP contribution in [0.1, 0.15) is 10.5 Å². The minimum absolute atomic E-state index is 0.295. The van der Waals surface area contributed by atoms with Gasteiger partial charge in [0.2, 0.25) is 8.32 Å². The highest BCUT2D eigenvalue weighted by Gasteiger charge is 2.22. The summed E-state index contributed by atoms with van der Waals surface area (Å²) in [4.78, 5) is 14.9. The van der Waals surface area contributed by atoms with Gasteiger partial charge in [0, 0.05) is 15.9 Å². The van der Waals surface area contributed by atoms with E-state index in [-0.39, 0.29) is 5.97 Å². The number of hydrogen-bond acceptors (Lipinski definition) is 2. The van der Waals surface area contributed by atoms with Crippen molar-refractivity contribution in [3.8, 4) is 0 Å². The lowest BCUT2D eigenvalue weighted by Gasteiger charge is -2.16. The average Bonchev–Trinajstić information content (AvgIpc) is 2.57. The smallest absolute Gasteiger partial charge is 0.341 e. The maximum atomic E-state index is 11.9. The zero-order valence-electron chi connectivity index (χ0n) is 10.0. The van der Waals surface area contributed by atoms with Crippen molar-refractivity contribution in [2.24, 2.45) is 0 Å². The summed E-state index contributed by atoms with van der Waals surface area (Å²) in [5.74, 6) is -0.295. The molecule has 0 fully saturated rings. The quantitative estimate of drug-likeness (QED) is 0.841. The van der Waals surface area contributed by atoms with Gasteiger partial charge in [-0.2, -0.15) is 0 Å². The Bertz CT molecular complexity index is 571. The van der Waals surface area contributed by atoms with Crippen LogP contribution in [0.3, 0.4) is 0 Å². The highest BCUT2D eigenvalue weighted by Crippen LogP contribution is 2.21. The van der Waals surface area contributed by atoms with Crippen molar-refractivity contribution in [2.45, 2.75) is 19.6 Å². The van der Waals surface area contributed by atoms with Crippen molar-refractivity contribution >= 4 is 36.8 Å². The summed E-state index contributed by atoms with van der Waals surface area (Å²) in [5.41, 5.74) is 1.36. The lowest BCUT2D eigenvalue weighted by atomic mass is 10.2. The Morgan fingerprint density at radius 2 is 2.00 bits per heavy atom. The van der Waals surface area contributed by atoms with E-state index in [1.54, 1.807) is 12.1 Å². The number of benzene rings is 1. The van der Waals surface area contributed by atoms with Crippen molar-refractivity contribution in [3.05, 3.63) is 35.0 Å². The molecule has 90 valence electrons. The van der Waals surface area contributed by atoms with Gasteiger partial charge in [0.15, 0.2) is 0 Å². The fraction of sp³-hybridized carbons (Fsp3) is 0.250. The second-order valence-corrected chi connectivity index (χ2v) is 9.78.